The predicted octanol–water partition coefficient (Wildman–Crippen LogP) is 3.60. The zero-order valence-electron chi connectivity index (χ0n) is 14.2. The highest BCUT2D eigenvalue weighted by atomic mass is 28.2. The van der Waals surface area contributed by atoms with Crippen molar-refractivity contribution in [3.63, 3.8) is 0 Å². The van der Waals surface area contributed by atoms with Crippen molar-refractivity contribution in [2.75, 3.05) is 0 Å². The number of primary amides is 1. The third kappa shape index (κ3) is 2.59. The standard InChI is InChI=1S/C20H23NOSi/c1-12-11-17(20(21)22)18(13(2)19(12)23(3)4)16-10-6-8-14-7-5-9-15(14)16/h5-6,8-12H,7H2,1-4H3,(H2,21,22). The van der Waals surface area contributed by atoms with E-state index >= 15 is 0 Å². The Morgan fingerprint density at radius 3 is 2.70 bits per heavy atom. The Morgan fingerprint density at radius 2 is 2.04 bits per heavy atom. The molecule has 1 aromatic rings. The summed E-state index contributed by atoms with van der Waals surface area (Å²) in [7, 11) is -0.590. The lowest BCUT2D eigenvalue weighted by atomic mass is 9.80. The third-order valence-electron chi connectivity index (χ3n) is 4.81. The first-order chi connectivity index (χ1) is 10.9. The number of allylic oxidation sites excluding steroid dienone is 3. The van der Waals surface area contributed by atoms with Crippen LogP contribution in [0.2, 0.25) is 13.1 Å². The van der Waals surface area contributed by atoms with Crippen LogP contribution in [0.15, 0.2) is 41.5 Å². The van der Waals surface area contributed by atoms with Crippen LogP contribution in [-0.2, 0) is 11.2 Å². The Bertz CT molecular complexity index is 820. The number of amides is 1. The fourth-order valence-corrected chi connectivity index (χ4v) is 5.86. The van der Waals surface area contributed by atoms with Gasteiger partial charge in [0.25, 0.3) is 0 Å². The first-order valence-electron chi connectivity index (χ1n) is 8.11. The van der Waals surface area contributed by atoms with Crippen molar-refractivity contribution in [1.29, 1.82) is 0 Å². The quantitative estimate of drug-likeness (QED) is 0.831. The largest absolute Gasteiger partial charge is 0.366 e. The summed E-state index contributed by atoms with van der Waals surface area (Å²) in [5, 5.41) is 1.49. The fourth-order valence-electron chi connectivity index (χ4n) is 3.99. The molecule has 0 heterocycles. The SMILES string of the molecule is CC1=C(c2cccc3c2C=CC3)C(C(N)=O)=CC(C)C1=[Si](C)C. The van der Waals surface area contributed by atoms with Gasteiger partial charge in [-0.2, -0.15) is 0 Å². The van der Waals surface area contributed by atoms with Gasteiger partial charge in [-0.25, -0.2) is 0 Å². The molecule has 1 atom stereocenters. The number of benzene rings is 1. The highest BCUT2D eigenvalue weighted by Crippen LogP contribution is 2.38. The van der Waals surface area contributed by atoms with Gasteiger partial charge in [0, 0.05) is 14.0 Å². The molecular weight excluding hydrogens is 298 g/mol. The van der Waals surface area contributed by atoms with Crippen molar-refractivity contribution < 1.29 is 4.79 Å². The second kappa shape index (κ2) is 5.89. The average molecular weight is 321 g/mol. The summed E-state index contributed by atoms with van der Waals surface area (Å²) in [5.74, 6) is -0.0387. The molecule has 0 fully saturated rings. The number of hydrogen-bond acceptors (Lipinski definition) is 1. The summed E-state index contributed by atoms with van der Waals surface area (Å²) >= 11 is 0. The van der Waals surface area contributed by atoms with E-state index in [-0.39, 0.29) is 11.8 Å². The average Bonchev–Trinajstić information content (AvgIpc) is 2.94. The highest BCUT2D eigenvalue weighted by Gasteiger charge is 2.28. The molecule has 1 unspecified atom stereocenters. The number of fused-ring (bicyclic) bond motifs is 1. The minimum absolute atomic E-state index is 0.289. The molecule has 23 heavy (non-hydrogen) atoms. The van der Waals surface area contributed by atoms with E-state index in [0.29, 0.717) is 5.57 Å². The van der Waals surface area contributed by atoms with Gasteiger partial charge < -0.3 is 5.73 Å². The molecule has 0 radical (unpaired) electrons. The molecule has 1 amide bonds. The lowest BCUT2D eigenvalue weighted by Gasteiger charge is -2.28. The summed E-state index contributed by atoms with van der Waals surface area (Å²) in [6.45, 7) is 8.96. The summed E-state index contributed by atoms with van der Waals surface area (Å²) < 4.78 is 0. The van der Waals surface area contributed by atoms with Crippen molar-refractivity contribution in [2.45, 2.75) is 33.4 Å². The van der Waals surface area contributed by atoms with Crippen molar-refractivity contribution in [2.24, 2.45) is 11.7 Å². The highest BCUT2D eigenvalue weighted by molar-refractivity contribution is 6.72. The molecule has 2 nitrogen and oxygen atoms in total. The minimum atomic E-state index is -0.590. The normalized spacial score (nSPS) is 19.7. The Morgan fingerprint density at radius 1 is 1.30 bits per heavy atom. The summed E-state index contributed by atoms with van der Waals surface area (Å²) in [5.41, 5.74) is 12.4. The van der Waals surface area contributed by atoms with Crippen molar-refractivity contribution in [3.8, 4) is 0 Å². The number of rotatable bonds is 2. The van der Waals surface area contributed by atoms with Crippen LogP contribution in [0.25, 0.3) is 11.6 Å². The molecule has 3 rings (SSSR count). The fraction of sp³-hybridized carbons (Fsp3) is 0.300. The monoisotopic (exact) mass is 321 g/mol. The second-order valence-corrected chi connectivity index (χ2v) is 9.17. The lowest BCUT2D eigenvalue weighted by molar-refractivity contribution is -0.114. The number of carbonyl (C=O) groups excluding carboxylic acids is 1. The Kier molecular flexibility index (Phi) is 4.07. The van der Waals surface area contributed by atoms with E-state index in [1.807, 2.05) is 0 Å². The van der Waals surface area contributed by atoms with Gasteiger partial charge in [0.05, 0.1) is 0 Å². The third-order valence-corrected chi connectivity index (χ3v) is 6.72. The maximum absolute atomic E-state index is 12.1. The Labute approximate surface area is 139 Å². The van der Waals surface area contributed by atoms with Crippen LogP contribution in [0.3, 0.4) is 0 Å². The molecule has 0 aliphatic heterocycles. The van der Waals surface area contributed by atoms with E-state index in [2.05, 4.69) is 63.4 Å². The zero-order valence-corrected chi connectivity index (χ0v) is 15.2. The molecule has 0 aromatic heterocycles. The zero-order chi connectivity index (χ0) is 16.7. The van der Waals surface area contributed by atoms with Crippen LogP contribution in [-0.4, -0.2) is 19.5 Å². The molecule has 3 heteroatoms. The van der Waals surface area contributed by atoms with Gasteiger partial charge in [-0.3, -0.25) is 4.79 Å². The van der Waals surface area contributed by atoms with Gasteiger partial charge in [0.15, 0.2) is 0 Å². The molecule has 0 saturated carbocycles. The van der Waals surface area contributed by atoms with Crippen LogP contribution in [0.4, 0.5) is 0 Å². The van der Waals surface area contributed by atoms with Gasteiger partial charge in [-0.15, -0.1) is 0 Å². The number of nitrogens with two attached hydrogens (primary N) is 1. The number of carbonyl (C=O) groups is 1. The van der Waals surface area contributed by atoms with Crippen LogP contribution >= 0.6 is 0 Å². The van der Waals surface area contributed by atoms with E-state index in [4.69, 9.17) is 5.73 Å². The smallest absolute Gasteiger partial charge is 0.249 e. The van der Waals surface area contributed by atoms with Gasteiger partial charge in [0.2, 0.25) is 5.91 Å². The van der Waals surface area contributed by atoms with Crippen LogP contribution in [0, 0.1) is 5.92 Å². The molecule has 2 aliphatic rings. The van der Waals surface area contributed by atoms with Gasteiger partial charge in [-0.05, 0) is 47.1 Å². The van der Waals surface area contributed by atoms with E-state index in [0.717, 1.165) is 17.6 Å². The first-order valence-corrected chi connectivity index (χ1v) is 10.6. The van der Waals surface area contributed by atoms with E-state index < -0.39 is 8.41 Å². The summed E-state index contributed by atoms with van der Waals surface area (Å²) in [4.78, 5) is 12.1. The van der Waals surface area contributed by atoms with Gasteiger partial charge in [0.1, 0.15) is 0 Å². The summed E-state index contributed by atoms with van der Waals surface area (Å²) in [6, 6.07) is 6.37. The van der Waals surface area contributed by atoms with Crippen LogP contribution < -0.4 is 5.73 Å². The minimum Gasteiger partial charge on any atom is -0.366 e. The molecule has 0 saturated heterocycles. The van der Waals surface area contributed by atoms with Crippen LogP contribution in [0.1, 0.15) is 30.5 Å². The van der Waals surface area contributed by atoms with E-state index in [9.17, 15) is 4.79 Å². The molecule has 1 aromatic carbocycles. The molecule has 118 valence electrons. The topological polar surface area (TPSA) is 43.1 Å². The van der Waals surface area contributed by atoms with Gasteiger partial charge in [-0.1, -0.05) is 61.6 Å². The Balaban J connectivity index is 2.32. The van der Waals surface area contributed by atoms with Gasteiger partial charge >= 0.3 is 0 Å². The predicted molar refractivity (Wildman–Crippen MR) is 101 cm³/mol. The van der Waals surface area contributed by atoms with E-state index in [1.54, 1.807) is 0 Å². The van der Waals surface area contributed by atoms with Crippen molar-refractivity contribution in [3.05, 3.63) is 58.2 Å². The van der Waals surface area contributed by atoms with Crippen LogP contribution in [0.5, 0.6) is 0 Å². The summed E-state index contributed by atoms with van der Waals surface area (Å²) in [6.07, 6.45) is 7.39. The molecular formula is C20H23NOSi. The molecule has 0 bridgehead atoms. The molecule has 2 N–H and O–H groups in total. The second-order valence-electron chi connectivity index (χ2n) is 6.63. The maximum atomic E-state index is 12.1. The van der Waals surface area contributed by atoms with E-state index in [1.165, 1.54) is 21.9 Å². The first kappa shape index (κ1) is 15.9. The lowest BCUT2D eigenvalue weighted by Crippen LogP contribution is -2.28. The molecule has 0 spiro atoms. The Hall–Kier alpha value is -2.00. The maximum Gasteiger partial charge on any atom is 0.249 e. The van der Waals surface area contributed by atoms with Crippen molar-refractivity contribution in [1.82, 2.24) is 0 Å². The van der Waals surface area contributed by atoms with Crippen molar-refractivity contribution >= 4 is 31.1 Å². The number of hydrogen-bond donors (Lipinski definition) is 1. The molecule has 2 aliphatic carbocycles.